The maximum absolute atomic E-state index is 13.5. The predicted octanol–water partition coefficient (Wildman–Crippen LogP) is 5.04. The van der Waals surface area contributed by atoms with E-state index in [1.165, 1.54) is 36.4 Å². The van der Waals surface area contributed by atoms with Gasteiger partial charge in [-0.1, -0.05) is 11.6 Å². The smallest absolute Gasteiger partial charge is 0.274 e. The molecule has 0 radical (unpaired) electrons. The fourth-order valence-electron chi connectivity index (χ4n) is 1.71. The Morgan fingerprint density at radius 2 is 1.63 bits per heavy atom. The first-order valence-corrected chi connectivity index (χ1v) is 5.78. The standard InChI is InChI=1S/C15H13F3O/c1-10-3-8-14(13(9-10)15(2,17)18)19-12-6-4-11(16)5-7-12/h3-9H,1-2H3. The van der Waals surface area contributed by atoms with Crippen LogP contribution in [0.25, 0.3) is 0 Å². The summed E-state index contributed by atoms with van der Waals surface area (Å²) in [5.41, 5.74) is 0.541. The van der Waals surface area contributed by atoms with E-state index >= 15 is 0 Å². The molecule has 0 bridgehead atoms. The van der Waals surface area contributed by atoms with E-state index in [9.17, 15) is 13.2 Å². The second-order valence-electron chi connectivity index (χ2n) is 4.44. The average molecular weight is 266 g/mol. The highest BCUT2D eigenvalue weighted by Crippen LogP contribution is 2.37. The number of ether oxygens (including phenoxy) is 1. The van der Waals surface area contributed by atoms with Gasteiger partial charge in [-0.3, -0.25) is 0 Å². The molecule has 19 heavy (non-hydrogen) atoms. The molecule has 1 nitrogen and oxygen atoms in total. The largest absolute Gasteiger partial charge is 0.457 e. The minimum absolute atomic E-state index is 0.0738. The van der Waals surface area contributed by atoms with E-state index in [0.29, 0.717) is 5.75 Å². The molecule has 2 aromatic rings. The molecule has 2 aromatic carbocycles. The highest BCUT2D eigenvalue weighted by Gasteiger charge is 2.28. The average Bonchev–Trinajstić information content (AvgIpc) is 2.33. The molecule has 0 aromatic heterocycles. The van der Waals surface area contributed by atoms with E-state index in [0.717, 1.165) is 12.5 Å². The second kappa shape index (κ2) is 4.96. The van der Waals surface area contributed by atoms with Crippen LogP contribution in [0.4, 0.5) is 13.2 Å². The monoisotopic (exact) mass is 266 g/mol. The summed E-state index contributed by atoms with van der Waals surface area (Å²) >= 11 is 0. The van der Waals surface area contributed by atoms with Gasteiger partial charge in [0.2, 0.25) is 0 Å². The van der Waals surface area contributed by atoms with Gasteiger partial charge in [-0.25, -0.2) is 13.2 Å². The molecular formula is C15H13F3O. The molecule has 0 heterocycles. The van der Waals surface area contributed by atoms with Crippen molar-refractivity contribution in [1.29, 1.82) is 0 Å². The molecule has 0 aliphatic carbocycles. The molecule has 0 aliphatic rings. The first-order valence-electron chi connectivity index (χ1n) is 5.78. The fourth-order valence-corrected chi connectivity index (χ4v) is 1.71. The topological polar surface area (TPSA) is 9.23 Å². The summed E-state index contributed by atoms with van der Waals surface area (Å²) in [5, 5.41) is 0. The van der Waals surface area contributed by atoms with Crippen LogP contribution in [0.2, 0.25) is 0 Å². The van der Waals surface area contributed by atoms with Crippen molar-refractivity contribution in [3.63, 3.8) is 0 Å². The van der Waals surface area contributed by atoms with Crippen molar-refractivity contribution in [2.45, 2.75) is 19.8 Å². The summed E-state index contributed by atoms with van der Waals surface area (Å²) < 4.78 is 45.2. The lowest BCUT2D eigenvalue weighted by atomic mass is 10.1. The summed E-state index contributed by atoms with van der Waals surface area (Å²) in [6, 6.07) is 9.79. The third-order valence-corrected chi connectivity index (χ3v) is 2.65. The van der Waals surface area contributed by atoms with Gasteiger partial charge >= 0.3 is 0 Å². The van der Waals surface area contributed by atoms with Gasteiger partial charge in [0.1, 0.15) is 17.3 Å². The van der Waals surface area contributed by atoms with Crippen LogP contribution in [0.3, 0.4) is 0 Å². The molecule has 0 atom stereocenters. The molecule has 2 rings (SSSR count). The van der Waals surface area contributed by atoms with Gasteiger partial charge in [0, 0.05) is 6.92 Å². The molecule has 4 heteroatoms. The van der Waals surface area contributed by atoms with Crippen molar-refractivity contribution in [1.82, 2.24) is 0 Å². The van der Waals surface area contributed by atoms with Crippen molar-refractivity contribution in [3.8, 4) is 11.5 Å². The van der Waals surface area contributed by atoms with Gasteiger partial charge < -0.3 is 4.74 Å². The molecule has 0 saturated heterocycles. The van der Waals surface area contributed by atoms with Gasteiger partial charge in [0.25, 0.3) is 5.92 Å². The second-order valence-corrected chi connectivity index (χ2v) is 4.44. The third-order valence-electron chi connectivity index (χ3n) is 2.65. The highest BCUT2D eigenvalue weighted by molar-refractivity contribution is 5.42. The Labute approximate surface area is 109 Å². The van der Waals surface area contributed by atoms with Crippen LogP contribution in [0, 0.1) is 12.7 Å². The zero-order valence-electron chi connectivity index (χ0n) is 10.6. The molecule has 0 spiro atoms. The Balaban J connectivity index is 2.37. The summed E-state index contributed by atoms with van der Waals surface area (Å²) in [6.45, 7) is 2.55. The number of benzene rings is 2. The SMILES string of the molecule is Cc1ccc(Oc2ccc(F)cc2)c(C(C)(F)F)c1. The zero-order chi connectivity index (χ0) is 14.0. The number of aryl methyl sites for hydroxylation is 1. The molecule has 0 saturated carbocycles. The quantitative estimate of drug-likeness (QED) is 0.756. The fraction of sp³-hybridized carbons (Fsp3) is 0.200. The third kappa shape index (κ3) is 3.28. The molecule has 100 valence electrons. The van der Waals surface area contributed by atoms with E-state index in [2.05, 4.69) is 0 Å². The van der Waals surface area contributed by atoms with Crippen LogP contribution < -0.4 is 4.74 Å². The lowest BCUT2D eigenvalue weighted by Crippen LogP contribution is -2.09. The van der Waals surface area contributed by atoms with E-state index in [1.54, 1.807) is 13.0 Å². The van der Waals surface area contributed by atoms with Gasteiger partial charge in [-0.15, -0.1) is 0 Å². The van der Waals surface area contributed by atoms with E-state index in [1.807, 2.05) is 0 Å². The number of rotatable bonds is 3. The van der Waals surface area contributed by atoms with E-state index in [4.69, 9.17) is 4.74 Å². The van der Waals surface area contributed by atoms with Crippen molar-refractivity contribution < 1.29 is 17.9 Å². The van der Waals surface area contributed by atoms with Crippen molar-refractivity contribution in [2.75, 3.05) is 0 Å². The minimum atomic E-state index is -3.00. The van der Waals surface area contributed by atoms with Crippen LogP contribution >= 0.6 is 0 Å². The first-order chi connectivity index (χ1) is 8.86. The number of alkyl halides is 2. The van der Waals surface area contributed by atoms with Crippen molar-refractivity contribution >= 4 is 0 Å². The van der Waals surface area contributed by atoms with Crippen LogP contribution in [-0.2, 0) is 5.92 Å². The Hall–Kier alpha value is -1.97. The van der Waals surface area contributed by atoms with E-state index < -0.39 is 11.7 Å². The Kier molecular flexibility index (Phi) is 3.51. The van der Waals surface area contributed by atoms with Crippen LogP contribution in [0.5, 0.6) is 11.5 Å². The minimum Gasteiger partial charge on any atom is -0.457 e. The Morgan fingerprint density at radius 3 is 2.21 bits per heavy atom. The number of halogens is 3. The lowest BCUT2D eigenvalue weighted by Gasteiger charge is -2.17. The summed E-state index contributed by atoms with van der Waals surface area (Å²) in [6.07, 6.45) is 0. The predicted molar refractivity (Wildman–Crippen MR) is 67.2 cm³/mol. The highest BCUT2D eigenvalue weighted by atomic mass is 19.3. The molecule has 0 unspecified atom stereocenters. The Bertz CT molecular complexity index is 571. The normalized spacial score (nSPS) is 11.4. The van der Waals surface area contributed by atoms with Crippen LogP contribution in [0.15, 0.2) is 42.5 Å². The van der Waals surface area contributed by atoms with Gasteiger partial charge in [0.15, 0.2) is 0 Å². The molecule has 0 fully saturated rings. The van der Waals surface area contributed by atoms with Crippen molar-refractivity contribution in [2.24, 2.45) is 0 Å². The van der Waals surface area contributed by atoms with Crippen LogP contribution in [-0.4, -0.2) is 0 Å². The zero-order valence-corrected chi connectivity index (χ0v) is 10.6. The summed E-state index contributed by atoms with van der Waals surface area (Å²) in [5.74, 6) is -3.01. The lowest BCUT2D eigenvalue weighted by molar-refractivity contribution is 0.0154. The van der Waals surface area contributed by atoms with E-state index in [-0.39, 0.29) is 11.3 Å². The Morgan fingerprint density at radius 1 is 1.00 bits per heavy atom. The molecular weight excluding hydrogens is 253 g/mol. The summed E-state index contributed by atoms with van der Waals surface area (Å²) in [7, 11) is 0. The number of hydrogen-bond donors (Lipinski definition) is 0. The van der Waals surface area contributed by atoms with Gasteiger partial charge in [-0.05, 0) is 43.3 Å². The molecule has 0 aliphatic heterocycles. The van der Waals surface area contributed by atoms with Crippen molar-refractivity contribution in [3.05, 3.63) is 59.4 Å². The first kappa shape index (κ1) is 13.5. The van der Waals surface area contributed by atoms with Crippen LogP contribution in [0.1, 0.15) is 18.1 Å². The van der Waals surface area contributed by atoms with Gasteiger partial charge in [0.05, 0.1) is 5.56 Å². The maximum Gasteiger partial charge on any atom is 0.274 e. The maximum atomic E-state index is 13.5. The molecule has 0 N–H and O–H groups in total. The number of hydrogen-bond acceptors (Lipinski definition) is 1. The molecule has 0 amide bonds. The van der Waals surface area contributed by atoms with Gasteiger partial charge in [-0.2, -0.15) is 0 Å². The summed E-state index contributed by atoms with van der Waals surface area (Å²) in [4.78, 5) is 0.